The standard InChI is InChI=1S/C14H16ClF2NO3/c1-8-5-18(7-11(8)13(19)20)6-9-4-10(15)2-3-12(9)21-14(16)17/h2-4,8,11,14H,5-7H2,1H3,(H,19,20). The van der Waals surface area contributed by atoms with Crippen molar-refractivity contribution in [1.82, 2.24) is 4.90 Å². The normalized spacial score (nSPS) is 22.7. The lowest BCUT2D eigenvalue weighted by Crippen LogP contribution is -2.23. The summed E-state index contributed by atoms with van der Waals surface area (Å²) < 4.78 is 29.3. The maximum atomic E-state index is 12.4. The van der Waals surface area contributed by atoms with Crippen molar-refractivity contribution in [2.45, 2.75) is 20.1 Å². The van der Waals surface area contributed by atoms with E-state index in [-0.39, 0.29) is 11.7 Å². The molecule has 0 aromatic heterocycles. The van der Waals surface area contributed by atoms with Crippen LogP contribution in [0.4, 0.5) is 8.78 Å². The highest BCUT2D eigenvalue weighted by Crippen LogP contribution is 2.29. The Labute approximate surface area is 126 Å². The molecule has 1 aromatic rings. The van der Waals surface area contributed by atoms with Crippen LogP contribution in [0.5, 0.6) is 5.75 Å². The zero-order chi connectivity index (χ0) is 15.6. The van der Waals surface area contributed by atoms with Gasteiger partial charge in [-0.2, -0.15) is 8.78 Å². The molecule has 0 bridgehead atoms. The van der Waals surface area contributed by atoms with Crippen molar-refractivity contribution in [3.8, 4) is 5.75 Å². The Balaban J connectivity index is 2.12. The maximum absolute atomic E-state index is 12.4. The van der Waals surface area contributed by atoms with Crippen molar-refractivity contribution in [3.05, 3.63) is 28.8 Å². The van der Waals surface area contributed by atoms with Crippen LogP contribution in [0.25, 0.3) is 0 Å². The number of aliphatic carboxylic acids is 1. The number of benzene rings is 1. The average Bonchev–Trinajstić information content (AvgIpc) is 2.73. The van der Waals surface area contributed by atoms with E-state index in [9.17, 15) is 13.6 Å². The number of halogens is 3. The molecule has 4 nitrogen and oxygen atoms in total. The zero-order valence-corrected chi connectivity index (χ0v) is 12.2. The number of nitrogens with zero attached hydrogens (tertiary/aromatic N) is 1. The fraction of sp³-hybridized carbons (Fsp3) is 0.500. The summed E-state index contributed by atoms with van der Waals surface area (Å²) in [6, 6.07) is 4.45. The largest absolute Gasteiger partial charge is 0.481 e. The summed E-state index contributed by atoms with van der Waals surface area (Å²) in [6.07, 6.45) is 0. The molecule has 116 valence electrons. The van der Waals surface area contributed by atoms with Crippen molar-refractivity contribution >= 4 is 17.6 Å². The summed E-state index contributed by atoms with van der Waals surface area (Å²) in [5.41, 5.74) is 0.529. The van der Waals surface area contributed by atoms with Gasteiger partial charge in [-0.1, -0.05) is 18.5 Å². The molecule has 1 saturated heterocycles. The minimum Gasteiger partial charge on any atom is -0.481 e. The number of hydrogen-bond donors (Lipinski definition) is 1. The minimum absolute atomic E-state index is 0.0150. The summed E-state index contributed by atoms with van der Waals surface area (Å²) in [6.45, 7) is 0.271. The number of ether oxygens (including phenoxy) is 1. The lowest BCUT2D eigenvalue weighted by atomic mass is 9.99. The molecule has 1 heterocycles. The van der Waals surface area contributed by atoms with E-state index in [1.54, 1.807) is 6.07 Å². The second-order valence-electron chi connectivity index (χ2n) is 5.25. The Kier molecular flexibility index (Phi) is 5.00. The van der Waals surface area contributed by atoms with Crippen LogP contribution >= 0.6 is 11.6 Å². The summed E-state index contributed by atoms with van der Waals surface area (Å²) >= 11 is 5.89. The van der Waals surface area contributed by atoms with Crippen LogP contribution < -0.4 is 4.74 Å². The van der Waals surface area contributed by atoms with Crippen molar-refractivity contribution in [2.24, 2.45) is 11.8 Å². The zero-order valence-electron chi connectivity index (χ0n) is 11.4. The first-order valence-electron chi connectivity index (χ1n) is 6.55. The fourth-order valence-electron chi connectivity index (χ4n) is 2.64. The van der Waals surface area contributed by atoms with Crippen LogP contribution in [0, 0.1) is 11.8 Å². The SMILES string of the molecule is CC1CN(Cc2cc(Cl)ccc2OC(F)F)CC1C(=O)O. The maximum Gasteiger partial charge on any atom is 0.387 e. The molecule has 21 heavy (non-hydrogen) atoms. The number of hydrogen-bond acceptors (Lipinski definition) is 3. The van der Waals surface area contributed by atoms with Gasteiger partial charge >= 0.3 is 12.6 Å². The second kappa shape index (κ2) is 6.58. The van der Waals surface area contributed by atoms with Crippen LogP contribution in [-0.4, -0.2) is 35.7 Å². The molecule has 0 amide bonds. The topological polar surface area (TPSA) is 49.8 Å². The van der Waals surface area contributed by atoms with E-state index in [2.05, 4.69) is 4.74 Å². The number of carbonyl (C=O) groups is 1. The van der Waals surface area contributed by atoms with Gasteiger partial charge in [-0.05, 0) is 24.1 Å². The predicted molar refractivity (Wildman–Crippen MR) is 73.7 cm³/mol. The molecular weight excluding hydrogens is 304 g/mol. The van der Waals surface area contributed by atoms with Gasteiger partial charge in [0, 0.05) is 30.2 Å². The van der Waals surface area contributed by atoms with E-state index in [1.165, 1.54) is 12.1 Å². The molecule has 2 rings (SSSR count). The molecule has 2 unspecified atom stereocenters. The lowest BCUT2D eigenvalue weighted by Gasteiger charge is -2.18. The van der Waals surface area contributed by atoms with E-state index in [0.717, 1.165) is 0 Å². The first-order valence-corrected chi connectivity index (χ1v) is 6.93. The highest BCUT2D eigenvalue weighted by atomic mass is 35.5. The molecular formula is C14H16ClF2NO3. The Morgan fingerprint density at radius 3 is 2.81 bits per heavy atom. The van der Waals surface area contributed by atoms with Gasteiger partial charge < -0.3 is 9.84 Å². The Morgan fingerprint density at radius 2 is 2.24 bits per heavy atom. The van der Waals surface area contributed by atoms with Crippen LogP contribution in [-0.2, 0) is 11.3 Å². The predicted octanol–water partition coefficient (Wildman–Crippen LogP) is 3.09. The van der Waals surface area contributed by atoms with E-state index in [0.29, 0.717) is 30.2 Å². The van der Waals surface area contributed by atoms with Gasteiger partial charge in [0.1, 0.15) is 5.75 Å². The molecule has 1 aliphatic heterocycles. The summed E-state index contributed by atoms with van der Waals surface area (Å²) in [4.78, 5) is 13.0. The van der Waals surface area contributed by atoms with Gasteiger partial charge in [0.15, 0.2) is 0 Å². The fourth-order valence-corrected chi connectivity index (χ4v) is 2.84. The van der Waals surface area contributed by atoms with E-state index < -0.39 is 18.5 Å². The third-order valence-electron chi connectivity index (χ3n) is 3.64. The summed E-state index contributed by atoms with van der Waals surface area (Å²) in [7, 11) is 0. The minimum atomic E-state index is -2.91. The van der Waals surface area contributed by atoms with Crippen LogP contribution in [0.15, 0.2) is 18.2 Å². The molecule has 1 aromatic carbocycles. The number of carboxylic acids is 1. The second-order valence-corrected chi connectivity index (χ2v) is 5.68. The van der Waals surface area contributed by atoms with Gasteiger partial charge in [0.25, 0.3) is 0 Å². The molecule has 1 N–H and O–H groups in total. The van der Waals surface area contributed by atoms with Crippen LogP contribution in [0.3, 0.4) is 0 Å². The van der Waals surface area contributed by atoms with Crippen molar-refractivity contribution < 1.29 is 23.4 Å². The molecule has 1 fully saturated rings. The molecule has 1 aliphatic rings. The molecule has 0 spiro atoms. The first kappa shape index (κ1) is 16.0. The third-order valence-corrected chi connectivity index (χ3v) is 3.87. The third kappa shape index (κ3) is 4.04. The van der Waals surface area contributed by atoms with E-state index >= 15 is 0 Å². The summed E-state index contributed by atoms with van der Waals surface area (Å²) in [5.74, 6) is -1.19. The number of rotatable bonds is 5. The molecule has 7 heteroatoms. The van der Waals surface area contributed by atoms with Gasteiger partial charge in [0.2, 0.25) is 0 Å². The Morgan fingerprint density at radius 1 is 1.52 bits per heavy atom. The van der Waals surface area contributed by atoms with Gasteiger partial charge in [-0.3, -0.25) is 9.69 Å². The number of carboxylic acid groups (broad SMARTS) is 1. The van der Waals surface area contributed by atoms with Crippen molar-refractivity contribution in [2.75, 3.05) is 13.1 Å². The monoisotopic (exact) mass is 319 g/mol. The van der Waals surface area contributed by atoms with E-state index in [4.69, 9.17) is 16.7 Å². The number of alkyl halides is 2. The molecule has 0 radical (unpaired) electrons. The Hall–Kier alpha value is -1.40. The molecule has 0 aliphatic carbocycles. The highest BCUT2D eigenvalue weighted by molar-refractivity contribution is 6.30. The quantitative estimate of drug-likeness (QED) is 0.906. The highest BCUT2D eigenvalue weighted by Gasteiger charge is 2.34. The van der Waals surface area contributed by atoms with Gasteiger partial charge in [0.05, 0.1) is 5.92 Å². The lowest BCUT2D eigenvalue weighted by molar-refractivity contribution is -0.142. The van der Waals surface area contributed by atoms with Gasteiger partial charge in [-0.15, -0.1) is 0 Å². The molecule has 0 saturated carbocycles. The number of likely N-dealkylation sites (tertiary alicyclic amines) is 1. The van der Waals surface area contributed by atoms with Crippen molar-refractivity contribution in [3.63, 3.8) is 0 Å². The van der Waals surface area contributed by atoms with E-state index in [1.807, 2.05) is 11.8 Å². The van der Waals surface area contributed by atoms with Crippen molar-refractivity contribution in [1.29, 1.82) is 0 Å². The smallest absolute Gasteiger partial charge is 0.387 e. The van der Waals surface area contributed by atoms with Gasteiger partial charge in [-0.25, -0.2) is 0 Å². The summed E-state index contributed by atoms with van der Waals surface area (Å²) in [5, 5.41) is 9.54. The average molecular weight is 320 g/mol. The first-order chi connectivity index (χ1) is 9.86. The van der Waals surface area contributed by atoms with Crippen LogP contribution in [0.2, 0.25) is 5.02 Å². The Bertz CT molecular complexity index is 527. The molecule has 2 atom stereocenters. The van der Waals surface area contributed by atoms with Crippen LogP contribution in [0.1, 0.15) is 12.5 Å².